The van der Waals surface area contributed by atoms with Gasteiger partial charge in [0.05, 0.1) is 23.9 Å². The molecule has 0 fully saturated rings. The Labute approximate surface area is 153 Å². The van der Waals surface area contributed by atoms with Crippen molar-refractivity contribution < 1.29 is 14.3 Å². The first kappa shape index (κ1) is 19.4. The average molecular weight is 353 g/mol. The predicted octanol–water partition coefficient (Wildman–Crippen LogP) is 3.83. The number of hydrogen-bond donors (Lipinski definition) is 1. The zero-order valence-electron chi connectivity index (χ0n) is 14.9. The highest BCUT2D eigenvalue weighted by atomic mass is 16.5. The fourth-order valence-electron chi connectivity index (χ4n) is 2.84. The molecule has 26 heavy (non-hydrogen) atoms. The van der Waals surface area contributed by atoms with Crippen LogP contribution in [-0.4, -0.2) is 23.5 Å². The van der Waals surface area contributed by atoms with Crippen molar-refractivity contribution in [3.8, 4) is 6.07 Å². The van der Waals surface area contributed by atoms with Crippen molar-refractivity contribution in [2.75, 3.05) is 11.9 Å². The molecule has 0 spiro atoms. The predicted molar refractivity (Wildman–Crippen MR) is 99.2 cm³/mol. The lowest BCUT2D eigenvalue weighted by Crippen LogP contribution is -2.17. The van der Waals surface area contributed by atoms with E-state index in [0.29, 0.717) is 31.6 Å². The molecule has 1 aromatic carbocycles. The molecule has 0 bridgehead atoms. The number of para-hydroxylation sites is 1. The molecule has 0 aliphatic carbocycles. The molecule has 1 unspecified atom stereocenters. The van der Waals surface area contributed by atoms with Crippen molar-refractivity contribution in [2.45, 2.75) is 39.0 Å². The monoisotopic (exact) mass is 353 g/mol. The molecule has 1 N–H and O–H groups in total. The smallest absolute Gasteiger partial charge is 0.305 e. The van der Waals surface area contributed by atoms with E-state index in [-0.39, 0.29) is 30.6 Å². The van der Waals surface area contributed by atoms with Gasteiger partial charge in [-0.25, -0.2) is 0 Å². The number of esters is 1. The Morgan fingerprint density at radius 1 is 1.31 bits per heavy atom. The molecule has 2 rings (SSSR count). The number of pyridine rings is 1. The van der Waals surface area contributed by atoms with Crippen molar-refractivity contribution in [1.82, 2.24) is 4.98 Å². The fourth-order valence-corrected chi connectivity index (χ4v) is 2.84. The number of nitrogens with one attached hydrogen (secondary N) is 1. The van der Waals surface area contributed by atoms with Crippen LogP contribution in [0.2, 0.25) is 0 Å². The summed E-state index contributed by atoms with van der Waals surface area (Å²) in [4.78, 5) is 28.1. The van der Waals surface area contributed by atoms with E-state index in [1.54, 1.807) is 13.1 Å². The summed E-state index contributed by atoms with van der Waals surface area (Å²) in [7, 11) is 0. The number of aromatic nitrogens is 1. The number of nitriles is 1. The van der Waals surface area contributed by atoms with Gasteiger partial charge in [0, 0.05) is 30.8 Å². The summed E-state index contributed by atoms with van der Waals surface area (Å²) in [6.45, 7) is 2.13. The third-order valence-electron chi connectivity index (χ3n) is 4.06. The number of carbonyl (C=O) groups is 2. The lowest BCUT2D eigenvalue weighted by molar-refractivity contribution is -0.143. The molecule has 6 heteroatoms. The molecule has 0 aliphatic heterocycles. The van der Waals surface area contributed by atoms with E-state index in [2.05, 4.69) is 16.4 Å². The molecule has 0 aliphatic rings. The normalized spacial score (nSPS) is 11.5. The quantitative estimate of drug-likeness (QED) is 0.692. The number of ether oxygens (including phenoxy) is 1. The fraction of sp³-hybridized carbons (Fsp3) is 0.400. The van der Waals surface area contributed by atoms with Crippen molar-refractivity contribution in [1.29, 1.82) is 5.26 Å². The number of anilines is 1. The Bertz CT molecular complexity index is 793. The largest absolute Gasteiger partial charge is 0.466 e. The van der Waals surface area contributed by atoms with Crippen LogP contribution in [0.25, 0.3) is 10.9 Å². The average Bonchev–Trinajstić information content (AvgIpc) is 2.62. The lowest BCUT2D eigenvalue weighted by Gasteiger charge is -2.14. The maximum Gasteiger partial charge on any atom is 0.305 e. The summed E-state index contributed by atoms with van der Waals surface area (Å²) >= 11 is 0. The van der Waals surface area contributed by atoms with Crippen LogP contribution in [-0.2, 0) is 14.3 Å². The van der Waals surface area contributed by atoms with Crippen LogP contribution in [0.5, 0.6) is 0 Å². The van der Waals surface area contributed by atoms with Gasteiger partial charge in [0.1, 0.15) is 0 Å². The Balaban J connectivity index is 1.92. The van der Waals surface area contributed by atoms with E-state index in [1.165, 1.54) is 0 Å². The summed E-state index contributed by atoms with van der Waals surface area (Å²) < 4.78 is 4.89. The van der Waals surface area contributed by atoms with Crippen LogP contribution >= 0.6 is 0 Å². The van der Waals surface area contributed by atoms with E-state index >= 15 is 0 Å². The Kier molecular flexibility index (Phi) is 7.56. The van der Waals surface area contributed by atoms with Gasteiger partial charge in [-0.05, 0) is 37.8 Å². The van der Waals surface area contributed by atoms with E-state index in [1.807, 2.05) is 30.3 Å². The van der Waals surface area contributed by atoms with E-state index in [4.69, 9.17) is 10.00 Å². The number of rotatable bonds is 9. The summed E-state index contributed by atoms with van der Waals surface area (Å²) in [5, 5.41) is 12.8. The third kappa shape index (κ3) is 5.85. The van der Waals surface area contributed by atoms with Gasteiger partial charge >= 0.3 is 5.97 Å². The van der Waals surface area contributed by atoms with Crippen LogP contribution in [0.4, 0.5) is 5.69 Å². The molecule has 6 nitrogen and oxygen atoms in total. The maximum atomic E-state index is 12.4. The molecule has 1 heterocycles. The molecular formula is C20H23N3O3. The van der Waals surface area contributed by atoms with Crippen LogP contribution in [0.1, 0.15) is 39.0 Å². The molecule has 1 atom stereocenters. The SMILES string of the molecule is CCOC(=O)CCCC(CC#N)CC(=O)Nc1cccc2cccnc12. The molecule has 1 aromatic heterocycles. The standard InChI is InChI=1S/C20H23N3O3/c1-2-26-19(25)10-3-6-15(11-12-21)14-18(24)23-17-9-4-7-16-8-5-13-22-20(16)17/h4-5,7-9,13,15H,2-3,6,10-11,14H2,1H3,(H,23,24). The second kappa shape index (κ2) is 10.1. The van der Waals surface area contributed by atoms with Gasteiger partial charge in [-0.1, -0.05) is 18.2 Å². The number of fused-ring (bicyclic) bond motifs is 1. The third-order valence-corrected chi connectivity index (χ3v) is 4.06. The highest BCUT2D eigenvalue weighted by Crippen LogP contribution is 2.22. The molecule has 2 aromatic rings. The minimum Gasteiger partial charge on any atom is -0.466 e. The van der Waals surface area contributed by atoms with Crippen molar-refractivity contribution >= 4 is 28.5 Å². The van der Waals surface area contributed by atoms with Gasteiger partial charge in [-0.3, -0.25) is 14.6 Å². The van der Waals surface area contributed by atoms with Crippen molar-refractivity contribution in [3.05, 3.63) is 36.5 Å². The van der Waals surface area contributed by atoms with Crippen molar-refractivity contribution in [2.24, 2.45) is 5.92 Å². The minimum atomic E-state index is -0.241. The second-order valence-corrected chi connectivity index (χ2v) is 6.06. The molecule has 136 valence electrons. The summed E-state index contributed by atoms with van der Waals surface area (Å²) in [6, 6.07) is 11.5. The van der Waals surface area contributed by atoms with E-state index < -0.39 is 0 Å². The first-order valence-electron chi connectivity index (χ1n) is 8.80. The van der Waals surface area contributed by atoms with Gasteiger partial charge in [0.2, 0.25) is 5.91 Å². The first-order chi connectivity index (χ1) is 12.6. The lowest BCUT2D eigenvalue weighted by atomic mass is 9.95. The first-order valence-corrected chi connectivity index (χ1v) is 8.80. The van der Waals surface area contributed by atoms with Crippen LogP contribution in [0, 0.1) is 17.2 Å². The topological polar surface area (TPSA) is 92.1 Å². The van der Waals surface area contributed by atoms with Gasteiger partial charge < -0.3 is 10.1 Å². The maximum absolute atomic E-state index is 12.4. The molecule has 1 amide bonds. The summed E-state index contributed by atoms with van der Waals surface area (Å²) in [6.07, 6.45) is 3.75. The molecular weight excluding hydrogens is 330 g/mol. The van der Waals surface area contributed by atoms with Gasteiger partial charge in [-0.15, -0.1) is 0 Å². The highest BCUT2D eigenvalue weighted by Gasteiger charge is 2.16. The Hall–Kier alpha value is -2.94. The summed E-state index contributed by atoms with van der Waals surface area (Å²) in [5.41, 5.74) is 1.40. The van der Waals surface area contributed by atoms with E-state index in [0.717, 1.165) is 10.9 Å². The van der Waals surface area contributed by atoms with Crippen molar-refractivity contribution in [3.63, 3.8) is 0 Å². The van der Waals surface area contributed by atoms with Crippen LogP contribution < -0.4 is 5.32 Å². The number of amides is 1. The van der Waals surface area contributed by atoms with Crippen LogP contribution in [0.3, 0.4) is 0 Å². The summed E-state index contributed by atoms with van der Waals surface area (Å²) in [5.74, 6) is -0.480. The zero-order chi connectivity index (χ0) is 18.8. The van der Waals surface area contributed by atoms with E-state index in [9.17, 15) is 9.59 Å². The Morgan fingerprint density at radius 3 is 2.88 bits per heavy atom. The number of carbonyl (C=O) groups excluding carboxylic acids is 2. The van der Waals surface area contributed by atoms with Crippen LogP contribution in [0.15, 0.2) is 36.5 Å². The number of benzene rings is 1. The highest BCUT2D eigenvalue weighted by molar-refractivity contribution is 6.00. The number of nitrogens with zero attached hydrogens (tertiary/aromatic N) is 2. The molecule has 0 saturated carbocycles. The minimum absolute atomic E-state index is 0.0858. The zero-order valence-corrected chi connectivity index (χ0v) is 14.9. The van der Waals surface area contributed by atoms with Gasteiger partial charge in [0.15, 0.2) is 0 Å². The second-order valence-electron chi connectivity index (χ2n) is 6.06. The number of hydrogen-bond acceptors (Lipinski definition) is 5. The van der Waals surface area contributed by atoms with Gasteiger partial charge in [0.25, 0.3) is 0 Å². The Morgan fingerprint density at radius 2 is 2.12 bits per heavy atom. The van der Waals surface area contributed by atoms with Gasteiger partial charge in [-0.2, -0.15) is 5.26 Å². The molecule has 0 saturated heterocycles. The molecule has 0 radical (unpaired) electrons.